The van der Waals surface area contributed by atoms with Crippen LogP contribution in [0.1, 0.15) is 70.3 Å². The number of nitrogens with zero attached hydrogens (tertiary/aromatic N) is 3. The summed E-state index contributed by atoms with van der Waals surface area (Å²) >= 11 is 0. The van der Waals surface area contributed by atoms with Crippen LogP contribution in [0.2, 0.25) is 0 Å². The first-order chi connectivity index (χ1) is 21.8. The van der Waals surface area contributed by atoms with Gasteiger partial charge >= 0.3 is 0 Å². The number of rotatable bonds is 16. The second kappa shape index (κ2) is 17.3. The van der Waals surface area contributed by atoms with E-state index in [-0.39, 0.29) is 23.5 Å². The molecule has 0 unspecified atom stereocenters. The molecule has 1 aliphatic carbocycles. The highest BCUT2D eigenvalue weighted by atomic mass is 16.3. The number of anilines is 2. The van der Waals surface area contributed by atoms with Gasteiger partial charge in [0, 0.05) is 42.7 Å². The monoisotopic (exact) mass is 617 g/mol. The number of carbonyl (C=O) groups excluding carboxylic acids is 1. The molecule has 2 aromatic rings. The molecule has 1 heterocycles. The molecule has 4 N–H and O–H groups in total. The fraction of sp³-hybridized carbons (Fsp3) is 0.514. The van der Waals surface area contributed by atoms with Gasteiger partial charge in [-0.3, -0.25) is 14.7 Å². The van der Waals surface area contributed by atoms with Crippen molar-refractivity contribution >= 4 is 23.1 Å². The topological polar surface area (TPSA) is 117 Å². The van der Waals surface area contributed by atoms with Crippen molar-refractivity contribution in [3.63, 3.8) is 0 Å². The first-order valence-electron chi connectivity index (χ1n) is 16.6. The fourth-order valence-electron chi connectivity index (χ4n) is 6.30. The lowest BCUT2D eigenvalue weighted by molar-refractivity contribution is -0.127. The van der Waals surface area contributed by atoms with Gasteiger partial charge in [-0.25, -0.2) is 0 Å². The average molecular weight is 618 g/mol. The average Bonchev–Trinajstić information content (AvgIpc) is 3.60. The molecular weight excluding hydrogens is 566 g/mol. The number of hydrogen-bond donors (Lipinski definition) is 4. The van der Waals surface area contributed by atoms with Gasteiger partial charge in [-0.15, -0.1) is 0 Å². The quantitative estimate of drug-likeness (QED) is 0.135. The van der Waals surface area contributed by atoms with Gasteiger partial charge in [0.1, 0.15) is 11.6 Å². The van der Waals surface area contributed by atoms with E-state index in [1.807, 2.05) is 55.5 Å². The molecular formula is C37H51N3O5. The summed E-state index contributed by atoms with van der Waals surface area (Å²) in [6, 6.07) is 15.3. The highest BCUT2D eigenvalue weighted by Crippen LogP contribution is 2.36. The highest BCUT2D eigenvalue weighted by molar-refractivity contribution is 6.02. The van der Waals surface area contributed by atoms with E-state index < -0.39 is 18.3 Å². The Bertz CT molecular complexity index is 1310. The number of phenols is 1. The van der Waals surface area contributed by atoms with Gasteiger partial charge in [0.05, 0.1) is 31.4 Å². The van der Waals surface area contributed by atoms with Gasteiger partial charge in [0.15, 0.2) is 0 Å². The predicted octanol–water partition coefficient (Wildman–Crippen LogP) is 6.05. The maximum Gasteiger partial charge on any atom is 0.228 e. The summed E-state index contributed by atoms with van der Waals surface area (Å²) < 4.78 is 0. The second-order valence-corrected chi connectivity index (χ2v) is 12.4. The molecule has 45 heavy (non-hydrogen) atoms. The number of aromatic hydroxyl groups is 1. The Hall–Kier alpha value is -3.46. The highest BCUT2D eigenvalue weighted by Gasteiger charge is 2.39. The number of aliphatic imine (C=N–C) groups is 1. The fourth-order valence-corrected chi connectivity index (χ4v) is 6.30. The number of phenolic OH excluding ortho intramolecular Hbond substituents is 1. The number of benzene rings is 2. The van der Waals surface area contributed by atoms with E-state index in [0.717, 1.165) is 48.5 Å². The molecule has 8 heteroatoms. The van der Waals surface area contributed by atoms with Crippen LogP contribution < -0.4 is 4.90 Å². The number of amidine groups is 1. The van der Waals surface area contributed by atoms with Gasteiger partial charge < -0.3 is 25.3 Å². The van der Waals surface area contributed by atoms with E-state index in [9.17, 15) is 25.2 Å². The summed E-state index contributed by atoms with van der Waals surface area (Å²) in [6.45, 7) is 5.73. The normalized spacial score (nSPS) is 22.4. The minimum Gasteiger partial charge on any atom is -0.508 e. The van der Waals surface area contributed by atoms with Crippen molar-refractivity contribution in [2.24, 2.45) is 16.8 Å². The third-order valence-electron chi connectivity index (χ3n) is 8.93. The van der Waals surface area contributed by atoms with E-state index in [0.29, 0.717) is 51.7 Å². The van der Waals surface area contributed by atoms with Crippen LogP contribution in [-0.4, -0.2) is 75.0 Å². The molecule has 1 fully saturated rings. The summed E-state index contributed by atoms with van der Waals surface area (Å²) in [4.78, 5) is 21.8. The SMILES string of the molecule is CCCCC[C@H](O)/C=C/[C@@H]1[C@@H](C/C=C\CCCC(=O)N2CCN=C2CN(c2ccc(C)cc2)c2cccc(O)c2)[C@@H](O)C[C@H]1O. The molecule has 0 radical (unpaired) electrons. The Labute approximate surface area is 268 Å². The van der Waals surface area contributed by atoms with Crippen molar-refractivity contribution in [3.05, 3.63) is 78.4 Å². The number of unbranched alkanes of at least 4 members (excludes halogenated alkanes) is 3. The molecule has 2 aromatic carbocycles. The zero-order chi connectivity index (χ0) is 32.2. The molecule has 0 aromatic heterocycles. The minimum absolute atomic E-state index is 0.0523. The Kier molecular flexibility index (Phi) is 13.2. The Morgan fingerprint density at radius 1 is 1.07 bits per heavy atom. The number of aliphatic hydroxyl groups excluding tert-OH is 3. The standard InChI is InChI=1S/C37H51N3O5/c1-3-4-7-12-30(41)20-21-33-32(34(43)25-35(33)44)14-8-5-6-9-15-37(45)39-23-22-38-36(39)26-40(28-18-16-27(2)17-19-28)29-11-10-13-31(42)24-29/h5,8,10-11,13,16-21,24,30,32-35,41-44H,3-4,6-7,9,12,14-15,22-23,25-26H2,1-2H3/b8-5-,21-20+/t30-,32+,33+,34-,35+/m0/s1. The van der Waals surface area contributed by atoms with Crippen LogP contribution in [0.3, 0.4) is 0 Å². The predicted molar refractivity (Wildman–Crippen MR) is 181 cm³/mol. The van der Waals surface area contributed by atoms with E-state index in [4.69, 9.17) is 0 Å². The van der Waals surface area contributed by atoms with Gasteiger partial charge in [-0.05, 0) is 62.8 Å². The van der Waals surface area contributed by atoms with Crippen LogP contribution in [0.5, 0.6) is 5.75 Å². The Balaban J connectivity index is 1.27. The van der Waals surface area contributed by atoms with E-state index in [1.165, 1.54) is 0 Å². The van der Waals surface area contributed by atoms with Crippen molar-refractivity contribution < 1.29 is 25.2 Å². The summed E-state index contributed by atoms with van der Waals surface area (Å²) in [5.74, 6) is 0.683. The van der Waals surface area contributed by atoms with Crippen molar-refractivity contribution in [3.8, 4) is 5.75 Å². The van der Waals surface area contributed by atoms with Crippen molar-refractivity contribution in [1.82, 2.24) is 4.90 Å². The number of aliphatic hydroxyl groups is 3. The zero-order valence-electron chi connectivity index (χ0n) is 26.8. The summed E-state index contributed by atoms with van der Waals surface area (Å²) in [7, 11) is 0. The van der Waals surface area contributed by atoms with E-state index in [2.05, 4.69) is 22.9 Å². The van der Waals surface area contributed by atoms with Gasteiger partial charge in [0.2, 0.25) is 5.91 Å². The molecule has 1 amide bonds. The molecule has 244 valence electrons. The third-order valence-corrected chi connectivity index (χ3v) is 8.93. The van der Waals surface area contributed by atoms with Gasteiger partial charge in [-0.2, -0.15) is 0 Å². The van der Waals surface area contributed by atoms with E-state index in [1.54, 1.807) is 23.1 Å². The van der Waals surface area contributed by atoms with Crippen LogP contribution >= 0.6 is 0 Å². The van der Waals surface area contributed by atoms with Crippen LogP contribution in [0.4, 0.5) is 11.4 Å². The van der Waals surface area contributed by atoms with Crippen molar-refractivity contribution in [2.75, 3.05) is 24.5 Å². The van der Waals surface area contributed by atoms with Gasteiger partial charge in [-0.1, -0.05) is 74.3 Å². The maximum atomic E-state index is 13.3. The lowest BCUT2D eigenvalue weighted by atomic mass is 9.89. The van der Waals surface area contributed by atoms with E-state index >= 15 is 0 Å². The molecule has 4 rings (SSSR count). The minimum atomic E-state index is -0.610. The van der Waals surface area contributed by atoms with Crippen LogP contribution in [0.25, 0.3) is 0 Å². The molecule has 8 nitrogen and oxygen atoms in total. The summed E-state index contributed by atoms with van der Waals surface area (Å²) in [5, 5.41) is 41.4. The lowest BCUT2D eigenvalue weighted by Crippen LogP contribution is -2.40. The Morgan fingerprint density at radius 2 is 1.87 bits per heavy atom. The molecule has 1 saturated carbocycles. The number of allylic oxidation sites excluding steroid dienone is 2. The molecule has 0 saturated heterocycles. The third kappa shape index (κ3) is 10.0. The zero-order valence-corrected chi connectivity index (χ0v) is 26.8. The maximum absolute atomic E-state index is 13.3. The Morgan fingerprint density at radius 3 is 2.62 bits per heavy atom. The first kappa shape index (κ1) is 34.4. The molecule has 5 atom stereocenters. The molecule has 0 spiro atoms. The largest absolute Gasteiger partial charge is 0.508 e. The van der Waals surface area contributed by atoms with Crippen LogP contribution in [-0.2, 0) is 4.79 Å². The summed E-state index contributed by atoms with van der Waals surface area (Å²) in [6.07, 6.45) is 12.8. The van der Waals surface area contributed by atoms with Crippen LogP contribution in [0.15, 0.2) is 77.8 Å². The smallest absolute Gasteiger partial charge is 0.228 e. The molecule has 1 aliphatic heterocycles. The second-order valence-electron chi connectivity index (χ2n) is 12.4. The lowest BCUT2D eigenvalue weighted by Gasteiger charge is -2.28. The molecule has 0 bridgehead atoms. The first-order valence-corrected chi connectivity index (χ1v) is 16.6. The number of aryl methyl sites for hydroxylation is 1. The van der Waals surface area contributed by atoms with Gasteiger partial charge in [0.25, 0.3) is 0 Å². The number of carbonyl (C=O) groups is 1. The molecule has 2 aliphatic rings. The summed E-state index contributed by atoms with van der Waals surface area (Å²) in [5.41, 5.74) is 2.94. The van der Waals surface area contributed by atoms with Crippen molar-refractivity contribution in [2.45, 2.75) is 89.9 Å². The number of amides is 1. The van der Waals surface area contributed by atoms with Crippen LogP contribution in [0, 0.1) is 18.8 Å². The number of hydrogen-bond acceptors (Lipinski definition) is 7. The van der Waals surface area contributed by atoms with Crippen molar-refractivity contribution in [1.29, 1.82) is 0 Å².